The molecule has 0 rings (SSSR count). The van der Waals surface area contributed by atoms with E-state index < -0.39 is 0 Å². The molecule has 0 aliphatic carbocycles. The van der Waals surface area contributed by atoms with Crippen LogP contribution in [0.2, 0.25) is 0 Å². The lowest BCUT2D eigenvalue weighted by Crippen LogP contribution is -1.70. The molecular formula is C13H23. The lowest BCUT2D eigenvalue weighted by atomic mass is 10.2. The summed E-state index contributed by atoms with van der Waals surface area (Å²) >= 11 is 0. The molecular weight excluding hydrogens is 156 g/mol. The monoisotopic (exact) mass is 179 g/mol. The largest absolute Gasteiger partial charge is 0.0885 e. The van der Waals surface area contributed by atoms with E-state index in [-0.39, 0.29) is 0 Å². The van der Waals surface area contributed by atoms with Gasteiger partial charge in [-0.15, -0.1) is 0 Å². The van der Waals surface area contributed by atoms with E-state index in [1.54, 1.807) is 0 Å². The summed E-state index contributed by atoms with van der Waals surface area (Å²) in [6.07, 6.45) is 17.5. The van der Waals surface area contributed by atoms with E-state index in [1.807, 2.05) is 0 Å². The first kappa shape index (κ1) is 12.5. The minimum absolute atomic E-state index is 1.02. The van der Waals surface area contributed by atoms with Crippen LogP contribution < -0.4 is 0 Å². The number of rotatable bonds is 8. The van der Waals surface area contributed by atoms with Crippen LogP contribution in [-0.4, -0.2) is 0 Å². The number of hydrogen-bond donors (Lipinski definition) is 0. The van der Waals surface area contributed by atoms with Gasteiger partial charge in [0.1, 0.15) is 0 Å². The Morgan fingerprint density at radius 1 is 0.846 bits per heavy atom. The van der Waals surface area contributed by atoms with Crippen LogP contribution >= 0.6 is 0 Å². The van der Waals surface area contributed by atoms with Crippen molar-refractivity contribution in [3.63, 3.8) is 0 Å². The van der Waals surface area contributed by atoms with Crippen molar-refractivity contribution in [2.75, 3.05) is 0 Å². The van der Waals surface area contributed by atoms with Crippen LogP contribution in [0.5, 0.6) is 0 Å². The van der Waals surface area contributed by atoms with Crippen molar-refractivity contribution in [1.29, 1.82) is 0 Å². The van der Waals surface area contributed by atoms with Gasteiger partial charge in [0.25, 0.3) is 0 Å². The van der Waals surface area contributed by atoms with Crippen molar-refractivity contribution in [2.45, 2.75) is 51.9 Å². The van der Waals surface area contributed by atoms with Crippen LogP contribution in [0.1, 0.15) is 51.9 Å². The highest BCUT2D eigenvalue weighted by atomic mass is 13.9. The summed E-state index contributed by atoms with van der Waals surface area (Å²) in [4.78, 5) is 0. The minimum Gasteiger partial charge on any atom is -0.0885 e. The standard InChI is InChI=1S/C13H23/c1-3-5-7-9-11-13-12-10-8-6-4-2/h7-10H,1,3-6,11-13H2,2H3. The maximum atomic E-state index is 3.79. The highest BCUT2D eigenvalue weighted by Crippen LogP contribution is 2.00. The number of allylic oxidation sites excluding steroid dienone is 4. The van der Waals surface area contributed by atoms with Crippen LogP contribution in [0.3, 0.4) is 0 Å². The highest BCUT2D eigenvalue weighted by Gasteiger charge is 1.80. The third-order valence-electron chi connectivity index (χ3n) is 1.90. The predicted octanol–water partition coefficient (Wildman–Crippen LogP) is 4.68. The normalized spacial score (nSPS) is 11.8. The van der Waals surface area contributed by atoms with Crippen LogP contribution in [0.15, 0.2) is 24.3 Å². The van der Waals surface area contributed by atoms with Crippen molar-refractivity contribution < 1.29 is 0 Å². The highest BCUT2D eigenvalue weighted by molar-refractivity contribution is 4.85. The predicted molar refractivity (Wildman–Crippen MR) is 61.6 cm³/mol. The van der Waals surface area contributed by atoms with Gasteiger partial charge in [0.05, 0.1) is 0 Å². The zero-order chi connectivity index (χ0) is 9.78. The smallest absolute Gasteiger partial charge is 0.0348 e. The topological polar surface area (TPSA) is 0 Å². The van der Waals surface area contributed by atoms with Gasteiger partial charge in [0.15, 0.2) is 0 Å². The van der Waals surface area contributed by atoms with Crippen LogP contribution in [-0.2, 0) is 0 Å². The molecule has 0 aromatic rings. The van der Waals surface area contributed by atoms with Crippen molar-refractivity contribution in [2.24, 2.45) is 0 Å². The Bertz CT molecular complexity index is 115. The summed E-state index contributed by atoms with van der Waals surface area (Å²) in [5.41, 5.74) is 0. The van der Waals surface area contributed by atoms with Gasteiger partial charge in [-0.2, -0.15) is 0 Å². The van der Waals surface area contributed by atoms with E-state index >= 15 is 0 Å². The van der Waals surface area contributed by atoms with E-state index in [0.717, 1.165) is 12.8 Å². The molecule has 75 valence electrons. The molecule has 0 heterocycles. The molecule has 0 fully saturated rings. The van der Waals surface area contributed by atoms with Gasteiger partial charge in [-0.05, 0) is 38.5 Å². The third-order valence-corrected chi connectivity index (χ3v) is 1.90. The van der Waals surface area contributed by atoms with Gasteiger partial charge in [0, 0.05) is 0 Å². The van der Waals surface area contributed by atoms with Gasteiger partial charge < -0.3 is 0 Å². The van der Waals surface area contributed by atoms with Gasteiger partial charge in [-0.3, -0.25) is 0 Å². The maximum Gasteiger partial charge on any atom is -0.0348 e. The van der Waals surface area contributed by atoms with Gasteiger partial charge >= 0.3 is 0 Å². The molecule has 0 unspecified atom stereocenters. The van der Waals surface area contributed by atoms with E-state index in [0.29, 0.717) is 0 Å². The summed E-state index contributed by atoms with van der Waals surface area (Å²) in [5, 5.41) is 0. The summed E-state index contributed by atoms with van der Waals surface area (Å²) in [7, 11) is 0. The molecule has 0 saturated carbocycles. The lowest BCUT2D eigenvalue weighted by molar-refractivity contribution is 0.854. The van der Waals surface area contributed by atoms with Crippen LogP contribution in [0.4, 0.5) is 0 Å². The molecule has 1 radical (unpaired) electrons. The summed E-state index contributed by atoms with van der Waals surface area (Å²) < 4.78 is 0. The van der Waals surface area contributed by atoms with Crippen molar-refractivity contribution in [3.8, 4) is 0 Å². The van der Waals surface area contributed by atoms with Crippen LogP contribution in [0.25, 0.3) is 0 Å². The van der Waals surface area contributed by atoms with Crippen LogP contribution in [0, 0.1) is 6.92 Å². The molecule has 0 aromatic carbocycles. The van der Waals surface area contributed by atoms with Crippen molar-refractivity contribution >= 4 is 0 Å². The van der Waals surface area contributed by atoms with Gasteiger partial charge in [-0.1, -0.05) is 44.6 Å². The Morgan fingerprint density at radius 3 is 1.92 bits per heavy atom. The van der Waals surface area contributed by atoms with Crippen molar-refractivity contribution in [3.05, 3.63) is 31.2 Å². The summed E-state index contributed by atoms with van der Waals surface area (Å²) in [6.45, 7) is 6.01. The molecule has 0 spiro atoms. The number of hydrogen-bond acceptors (Lipinski definition) is 0. The van der Waals surface area contributed by atoms with E-state index in [9.17, 15) is 0 Å². The molecule has 0 N–H and O–H groups in total. The molecule has 0 atom stereocenters. The second-order valence-corrected chi connectivity index (χ2v) is 3.30. The van der Waals surface area contributed by atoms with Gasteiger partial charge in [0.2, 0.25) is 0 Å². The fourth-order valence-corrected chi connectivity index (χ4v) is 1.11. The van der Waals surface area contributed by atoms with E-state index in [4.69, 9.17) is 0 Å². The average molecular weight is 179 g/mol. The molecule has 0 aromatic heterocycles. The molecule has 0 heteroatoms. The second-order valence-electron chi connectivity index (χ2n) is 3.30. The van der Waals surface area contributed by atoms with Gasteiger partial charge in [-0.25, -0.2) is 0 Å². The average Bonchev–Trinajstić information content (AvgIpc) is 2.16. The van der Waals surface area contributed by atoms with E-state index in [2.05, 4.69) is 38.2 Å². The first-order valence-corrected chi connectivity index (χ1v) is 5.51. The molecule has 0 amide bonds. The molecule has 0 nitrogen and oxygen atoms in total. The Labute approximate surface area is 83.7 Å². The molecule has 0 aliphatic heterocycles. The fourth-order valence-electron chi connectivity index (χ4n) is 1.11. The zero-order valence-electron chi connectivity index (χ0n) is 8.97. The first-order valence-electron chi connectivity index (χ1n) is 5.51. The molecule has 0 bridgehead atoms. The molecule has 0 aliphatic rings. The SMILES string of the molecule is [CH2]CCC=CCCCC=CCCC. The quantitative estimate of drug-likeness (QED) is 0.375. The lowest BCUT2D eigenvalue weighted by Gasteiger charge is -1.90. The summed E-state index contributed by atoms with van der Waals surface area (Å²) in [5.74, 6) is 0. The third kappa shape index (κ3) is 11.5. The Morgan fingerprint density at radius 2 is 1.38 bits per heavy atom. The second kappa shape index (κ2) is 11.5. The van der Waals surface area contributed by atoms with Crippen molar-refractivity contribution in [1.82, 2.24) is 0 Å². The summed E-state index contributed by atoms with van der Waals surface area (Å²) in [6, 6.07) is 0. The minimum atomic E-state index is 1.02. The molecule has 0 saturated heterocycles. The maximum absolute atomic E-state index is 3.79. The molecule has 13 heavy (non-hydrogen) atoms. The fraction of sp³-hybridized carbons (Fsp3) is 0.615. The Kier molecular flexibility index (Phi) is 11.0. The Balaban J connectivity index is 3.07. The first-order chi connectivity index (χ1) is 6.41. The number of unbranched alkanes of at least 4 members (excludes halogenated alkanes) is 4. The van der Waals surface area contributed by atoms with E-state index in [1.165, 1.54) is 32.1 Å². The Hall–Kier alpha value is -0.520. The zero-order valence-corrected chi connectivity index (χ0v) is 8.97.